The number of carbonyl (C=O) groups excluding carboxylic acids is 1. The van der Waals surface area contributed by atoms with Crippen molar-refractivity contribution in [3.8, 4) is 11.5 Å². The zero-order valence-corrected chi connectivity index (χ0v) is 17.8. The van der Waals surface area contributed by atoms with Crippen LogP contribution in [0.3, 0.4) is 0 Å². The molecule has 3 aromatic carbocycles. The second kappa shape index (κ2) is 8.87. The largest absolute Gasteiger partial charge is 0.493 e. The maximum Gasteiger partial charge on any atom is 0.276 e. The van der Waals surface area contributed by atoms with Crippen molar-refractivity contribution in [2.24, 2.45) is 0 Å². The molecule has 0 unspecified atom stereocenters. The van der Waals surface area contributed by atoms with Crippen LogP contribution < -0.4 is 9.47 Å². The average Bonchev–Trinajstić information content (AvgIpc) is 3.27. The van der Waals surface area contributed by atoms with E-state index in [1.54, 1.807) is 37.0 Å². The van der Waals surface area contributed by atoms with Crippen molar-refractivity contribution in [3.63, 3.8) is 0 Å². The highest BCUT2D eigenvalue weighted by atomic mass is 16.5. The SMILES string of the molecule is COc1ccc(CN(C)C(=O)c2cn(Cc3cccc4ccccc34)nn2)cc1OC. The number of benzene rings is 3. The summed E-state index contributed by atoms with van der Waals surface area (Å²) in [6, 6.07) is 20.0. The Bertz CT molecular complexity index is 1210. The van der Waals surface area contributed by atoms with Crippen LogP contribution >= 0.6 is 0 Å². The van der Waals surface area contributed by atoms with Crippen molar-refractivity contribution in [1.82, 2.24) is 19.9 Å². The smallest absolute Gasteiger partial charge is 0.276 e. The van der Waals surface area contributed by atoms with E-state index in [9.17, 15) is 4.79 Å². The predicted molar refractivity (Wildman–Crippen MR) is 118 cm³/mol. The summed E-state index contributed by atoms with van der Waals surface area (Å²) in [4.78, 5) is 14.5. The second-order valence-corrected chi connectivity index (χ2v) is 7.29. The highest BCUT2D eigenvalue weighted by Crippen LogP contribution is 2.28. The Balaban J connectivity index is 1.47. The van der Waals surface area contributed by atoms with E-state index < -0.39 is 0 Å². The molecule has 0 fully saturated rings. The maximum absolute atomic E-state index is 12.9. The molecule has 0 N–H and O–H groups in total. The molecule has 0 saturated heterocycles. The van der Waals surface area contributed by atoms with Crippen LogP contribution in [0.2, 0.25) is 0 Å². The Morgan fingerprint density at radius 2 is 1.77 bits per heavy atom. The molecule has 0 aliphatic carbocycles. The summed E-state index contributed by atoms with van der Waals surface area (Å²) in [7, 11) is 4.92. The van der Waals surface area contributed by atoms with Gasteiger partial charge in [-0.1, -0.05) is 53.7 Å². The van der Waals surface area contributed by atoms with Crippen molar-refractivity contribution in [2.45, 2.75) is 13.1 Å². The average molecular weight is 416 g/mol. The van der Waals surface area contributed by atoms with Crippen LogP contribution in [-0.2, 0) is 13.1 Å². The van der Waals surface area contributed by atoms with Gasteiger partial charge in [0.2, 0.25) is 0 Å². The number of hydrogen-bond acceptors (Lipinski definition) is 5. The highest BCUT2D eigenvalue weighted by molar-refractivity contribution is 5.91. The van der Waals surface area contributed by atoms with Crippen molar-refractivity contribution >= 4 is 16.7 Å². The fourth-order valence-corrected chi connectivity index (χ4v) is 3.60. The number of hydrogen-bond donors (Lipinski definition) is 0. The van der Waals surface area contributed by atoms with E-state index in [-0.39, 0.29) is 5.91 Å². The molecule has 0 aliphatic heterocycles. The molecule has 1 amide bonds. The number of carbonyl (C=O) groups is 1. The minimum absolute atomic E-state index is 0.195. The number of ether oxygens (including phenoxy) is 2. The van der Waals surface area contributed by atoms with Gasteiger partial charge in [-0.15, -0.1) is 5.10 Å². The zero-order valence-electron chi connectivity index (χ0n) is 17.8. The van der Waals surface area contributed by atoms with Crippen molar-refractivity contribution in [1.29, 1.82) is 0 Å². The van der Waals surface area contributed by atoms with Gasteiger partial charge in [0.25, 0.3) is 5.91 Å². The first-order valence-corrected chi connectivity index (χ1v) is 9.92. The molecule has 4 rings (SSSR count). The quantitative estimate of drug-likeness (QED) is 0.459. The first-order valence-electron chi connectivity index (χ1n) is 9.92. The first-order chi connectivity index (χ1) is 15.1. The van der Waals surface area contributed by atoms with E-state index in [0.29, 0.717) is 30.3 Å². The van der Waals surface area contributed by atoms with E-state index in [1.165, 1.54) is 10.8 Å². The minimum atomic E-state index is -0.195. The molecular weight excluding hydrogens is 392 g/mol. The monoisotopic (exact) mass is 416 g/mol. The lowest BCUT2D eigenvalue weighted by molar-refractivity contribution is 0.0779. The van der Waals surface area contributed by atoms with Gasteiger partial charge in [0, 0.05) is 13.6 Å². The van der Waals surface area contributed by atoms with Crippen LogP contribution in [0.25, 0.3) is 10.8 Å². The summed E-state index contributed by atoms with van der Waals surface area (Å²) in [5, 5.41) is 10.6. The summed E-state index contributed by atoms with van der Waals surface area (Å²) in [5.74, 6) is 1.08. The van der Waals surface area contributed by atoms with Gasteiger partial charge in [-0.3, -0.25) is 4.79 Å². The van der Waals surface area contributed by atoms with E-state index >= 15 is 0 Å². The van der Waals surface area contributed by atoms with Gasteiger partial charge in [0.1, 0.15) is 0 Å². The third kappa shape index (κ3) is 4.35. The third-order valence-electron chi connectivity index (χ3n) is 5.18. The van der Waals surface area contributed by atoms with E-state index in [0.717, 1.165) is 11.1 Å². The lowest BCUT2D eigenvalue weighted by atomic mass is 10.0. The van der Waals surface area contributed by atoms with Crippen LogP contribution in [0.1, 0.15) is 21.6 Å². The molecule has 4 aromatic rings. The number of rotatable bonds is 7. The van der Waals surface area contributed by atoms with E-state index in [4.69, 9.17) is 9.47 Å². The lowest BCUT2D eigenvalue weighted by Crippen LogP contribution is -2.26. The van der Waals surface area contributed by atoms with Gasteiger partial charge in [0.15, 0.2) is 17.2 Å². The Kier molecular flexibility index (Phi) is 5.84. The van der Waals surface area contributed by atoms with Crippen LogP contribution in [0.5, 0.6) is 11.5 Å². The van der Waals surface area contributed by atoms with Crippen LogP contribution in [0.4, 0.5) is 0 Å². The lowest BCUT2D eigenvalue weighted by Gasteiger charge is -2.17. The number of amides is 1. The maximum atomic E-state index is 12.9. The van der Waals surface area contributed by atoms with Gasteiger partial charge in [-0.25, -0.2) is 4.68 Å². The molecule has 31 heavy (non-hydrogen) atoms. The van der Waals surface area contributed by atoms with Crippen molar-refractivity contribution < 1.29 is 14.3 Å². The standard InChI is InChI=1S/C24H24N4O3/c1-27(14-17-11-12-22(30-2)23(13-17)31-3)24(29)21-16-28(26-25-21)15-19-9-6-8-18-7-4-5-10-20(18)19/h4-13,16H,14-15H2,1-3H3. The fraction of sp³-hybridized carbons (Fsp3) is 0.208. The highest BCUT2D eigenvalue weighted by Gasteiger charge is 2.17. The number of aromatic nitrogens is 3. The molecule has 0 spiro atoms. The number of fused-ring (bicyclic) bond motifs is 1. The zero-order chi connectivity index (χ0) is 21.8. The molecule has 1 aromatic heterocycles. The molecule has 0 aliphatic rings. The van der Waals surface area contributed by atoms with E-state index in [2.05, 4.69) is 34.6 Å². The Hall–Kier alpha value is -3.87. The van der Waals surface area contributed by atoms with Crippen molar-refractivity contribution in [2.75, 3.05) is 21.3 Å². The molecule has 0 atom stereocenters. The third-order valence-corrected chi connectivity index (χ3v) is 5.18. The fourth-order valence-electron chi connectivity index (χ4n) is 3.60. The van der Waals surface area contributed by atoms with Gasteiger partial charge in [0.05, 0.1) is 27.0 Å². The second-order valence-electron chi connectivity index (χ2n) is 7.29. The topological polar surface area (TPSA) is 69.5 Å². The summed E-state index contributed by atoms with van der Waals surface area (Å²) < 4.78 is 12.3. The number of methoxy groups -OCH3 is 2. The molecule has 0 bridgehead atoms. The van der Waals surface area contributed by atoms with Crippen LogP contribution in [0.15, 0.2) is 66.9 Å². The van der Waals surface area contributed by atoms with Gasteiger partial charge in [-0.2, -0.15) is 0 Å². The molecule has 0 saturated carbocycles. The molecule has 1 heterocycles. The molecule has 158 valence electrons. The van der Waals surface area contributed by atoms with Crippen LogP contribution in [-0.4, -0.2) is 47.1 Å². The summed E-state index contributed by atoms with van der Waals surface area (Å²) in [6.45, 7) is 0.955. The van der Waals surface area contributed by atoms with Gasteiger partial charge < -0.3 is 14.4 Å². The van der Waals surface area contributed by atoms with E-state index in [1.807, 2.05) is 36.4 Å². The predicted octanol–water partition coefficient (Wildman–Crippen LogP) is 3.77. The normalized spacial score (nSPS) is 10.8. The Morgan fingerprint density at radius 1 is 1.00 bits per heavy atom. The van der Waals surface area contributed by atoms with Gasteiger partial charge >= 0.3 is 0 Å². The van der Waals surface area contributed by atoms with Gasteiger partial charge in [-0.05, 0) is 34.0 Å². The summed E-state index contributed by atoms with van der Waals surface area (Å²) in [5.41, 5.74) is 2.36. The molecule has 0 radical (unpaired) electrons. The molecule has 7 heteroatoms. The minimum Gasteiger partial charge on any atom is -0.493 e. The van der Waals surface area contributed by atoms with Crippen LogP contribution in [0, 0.1) is 0 Å². The Labute approximate surface area is 180 Å². The Morgan fingerprint density at radius 3 is 2.58 bits per heavy atom. The first kappa shape index (κ1) is 20.4. The summed E-state index contributed by atoms with van der Waals surface area (Å²) in [6.07, 6.45) is 1.69. The molecule has 7 nitrogen and oxygen atoms in total. The molecular formula is C24H24N4O3. The van der Waals surface area contributed by atoms with Crippen molar-refractivity contribution in [3.05, 3.63) is 83.7 Å². The number of nitrogens with zero attached hydrogens (tertiary/aromatic N) is 4. The summed E-state index contributed by atoms with van der Waals surface area (Å²) >= 11 is 0.